The Kier molecular flexibility index (Phi) is 4.43. The van der Waals surface area contributed by atoms with Gasteiger partial charge < -0.3 is 5.73 Å². The molecule has 4 nitrogen and oxygen atoms in total. The molecule has 0 aliphatic heterocycles. The molecule has 3 N–H and O–H groups in total. The van der Waals surface area contributed by atoms with Crippen molar-refractivity contribution >= 4 is 11.7 Å². The van der Waals surface area contributed by atoms with Gasteiger partial charge in [0.05, 0.1) is 0 Å². The smallest absolute Gasteiger partial charge is 0.332 e. The fourth-order valence-electron chi connectivity index (χ4n) is 1.93. The monoisotopic (exact) mass is 197 g/mol. The minimum absolute atomic E-state index is 0.532. The fraction of sp³-hybridized carbons (Fsp3) is 0.800. The molecule has 4 heteroatoms. The van der Waals surface area contributed by atoms with Gasteiger partial charge in [-0.15, -0.1) is 0 Å². The highest BCUT2D eigenvalue weighted by Gasteiger charge is 2.14. The van der Waals surface area contributed by atoms with E-state index in [2.05, 4.69) is 10.5 Å². The lowest BCUT2D eigenvalue weighted by molar-refractivity contribution is 0.249. The van der Waals surface area contributed by atoms with Crippen molar-refractivity contribution < 1.29 is 4.79 Å². The summed E-state index contributed by atoms with van der Waals surface area (Å²) >= 11 is 0. The topological polar surface area (TPSA) is 67.5 Å². The van der Waals surface area contributed by atoms with E-state index in [1.807, 2.05) is 6.92 Å². The Labute approximate surface area is 84.9 Å². The summed E-state index contributed by atoms with van der Waals surface area (Å²) in [6.07, 6.45) is 7.58. The van der Waals surface area contributed by atoms with Crippen molar-refractivity contribution in [1.82, 2.24) is 5.43 Å². The first kappa shape index (κ1) is 11.0. The van der Waals surface area contributed by atoms with E-state index in [9.17, 15) is 4.79 Å². The van der Waals surface area contributed by atoms with Gasteiger partial charge in [-0.05, 0) is 25.7 Å². The van der Waals surface area contributed by atoms with Crippen molar-refractivity contribution in [1.29, 1.82) is 0 Å². The molecule has 0 bridgehead atoms. The summed E-state index contributed by atoms with van der Waals surface area (Å²) in [7, 11) is 0. The predicted molar refractivity (Wildman–Crippen MR) is 57.0 cm³/mol. The Morgan fingerprint density at radius 1 is 1.29 bits per heavy atom. The zero-order chi connectivity index (χ0) is 10.4. The second kappa shape index (κ2) is 5.62. The van der Waals surface area contributed by atoms with Gasteiger partial charge in [-0.25, -0.2) is 10.2 Å². The number of nitrogens with two attached hydrogens (primary N) is 1. The number of rotatable bonds is 2. The summed E-state index contributed by atoms with van der Waals surface area (Å²) in [4.78, 5) is 10.5. The number of primary amides is 1. The highest BCUT2D eigenvalue weighted by atomic mass is 16.2. The third-order valence-electron chi connectivity index (χ3n) is 2.79. The van der Waals surface area contributed by atoms with Gasteiger partial charge in [0, 0.05) is 5.71 Å². The van der Waals surface area contributed by atoms with E-state index < -0.39 is 6.03 Å². The van der Waals surface area contributed by atoms with Gasteiger partial charge in [0.25, 0.3) is 0 Å². The molecule has 1 rings (SSSR count). The van der Waals surface area contributed by atoms with Crippen molar-refractivity contribution in [3.63, 3.8) is 0 Å². The maximum Gasteiger partial charge on any atom is 0.332 e. The van der Waals surface area contributed by atoms with Crippen molar-refractivity contribution in [2.24, 2.45) is 16.8 Å². The van der Waals surface area contributed by atoms with Crippen LogP contribution in [-0.2, 0) is 0 Å². The average molecular weight is 197 g/mol. The van der Waals surface area contributed by atoms with Crippen LogP contribution in [0.1, 0.15) is 45.4 Å². The molecule has 0 radical (unpaired) electrons. The van der Waals surface area contributed by atoms with E-state index in [0.717, 1.165) is 5.71 Å². The highest BCUT2D eigenvalue weighted by molar-refractivity contribution is 5.85. The second-order valence-electron chi connectivity index (χ2n) is 3.92. The van der Waals surface area contributed by atoms with Gasteiger partial charge in [-0.3, -0.25) is 0 Å². The number of amides is 2. The number of hydrogen-bond donors (Lipinski definition) is 2. The first-order valence-corrected chi connectivity index (χ1v) is 5.30. The number of carbonyl (C=O) groups is 1. The molecule has 80 valence electrons. The Bertz CT molecular complexity index is 217. The van der Waals surface area contributed by atoms with Crippen LogP contribution in [0.2, 0.25) is 0 Å². The molecule has 0 saturated heterocycles. The molecule has 2 amide bonds. The van der Waals surface area contributed by atoms with Gasteiger partial charge in [0.2, 0.25) is 0 Å². The number of urea groups is 1. The first-order chi connectivity index (χ1) is 6.70. The van der Waals surface area contributed by atoms with Gasteiger partial charge in [-0.2, -0.15) is 5.10 Å². The van der Waals surface area contributed by atoms with E-state index in [-0.39, 0.29) is 0 Å². The van der Waals surface area contributed by atoms with E-state index in [1.165, 1.54) is 38.5 Å². The van der Waals surface area contributed by atoms with Gasteiger partial charge in [0.15, 0.2) is 0 Å². The molecule has 1 saturated carbocycles. The Hall–Kier alpha value is -1.06. The SMILES string of the molecule is C/C(=N\NC(N)=O)C1CCCCCC1. The Morgan fingerprint density at radius 2 is 1.86 bits per heavy atom. The lowest BCUT2D eigenvalue weighted by atomic mass is 9.96. The van der Waals surface area contributed by atoms with E-state index >= 15 is 0 Å². The summed E-state index contributed by atoms with van der Waals surface area (Å²) in [6.45, 7) is 1.96. The molecule has 0 aromatic rings. The molecule has 0 atom stereocenters. The summed E-state index contributed by atoms with van der Waals surface area (Å²) in [6, 6.07) is -0.585. The Morgan fingerprint density at radius 3 is 2.36 bits per heavy atom. The van der Waals surface area contributed by atoms with Gasteiger partial charge in [-0.1, -0.05) is 25.7 Å². The third-order valence-corrected chi connectivity index (χ3v) is 2.79. The van der Waals surface area contributed by atoms with Crippen molar-refractivity contribution in [3.05, 3.63) is 0 Å². The van der Waals surface area contributed by atoms with Crippen molar-refractivity contribution in [3.8, 4) is 0 Å². The molecular weight excluding hydrogens is 178 g/mol. The van der Waals surface area contributed by atoms with Crippen LogP contribution < -0.4 is 11.2 Å². The van der Waals surface area contributed by atoms with Crippen LogP contribution in [0.25, 0.3) is 0 Å². The number of hydrogen-bond acceptors (Lipinski definition) is 2. The highest BCUT2D eigenvalue weighted by Crippen LogP contribution is 2.23. The summed E-state index contributed by atoms with van der Waals surface area (Å²) in [5.41, 5.74) is 8.24. The van der Waals surface area contributed by atoms with E-state index in [1.54, 1.807) is 0 Å². The molecule has 1 fully saturated rings. The van der Waals surface area contributed by atoms with Crippen LogP contribution in [0.5, 0.6) is 0 Å². The number of nitrogens with one attached hydrogen (secondary N) is 1. The lowest BCUT2D eigenvalue weighted by Crippen LogP contribution is -2.26. The zero-order valence-corrected chi connectivity index (χ0v) is 8.75. The largest absolute Gasteiger partial charge is 0.350 e. The lowest BCUT2D eigenvalue weighted by Gasteiger charge is -2.12. The van der Waals surface area contributed by atoms with Gasteiger partial charge in [0.1, 0.15) is 0 Å². The molecule has 0 heterocycles. The molecule has 1 aliphatic carbocycles. The van der Waals surface area contributed by atoms with Crippen LogP contribution in [0, 0.1) is 5.92 Å². The number of nitrogens with zero attached hydrogens (tertiary/aromatic N) is 1. The molecule has 0 aromatic carbocycles. The summed E-state index contributed by atoms with van der Waals surface area (Å²) in [5, 5.41) is 3.98. The maximum atomic E-state index is 10.5. The van der Waals surface area contributed by atoms with Crippen LogP contribution in [0.3, 0.4) is 0 Å². The van der Waals surface area contributed by atoms with E-state index in [4.69, 9.17) is 5.73 Å². The second-order valence-corrected chi connectivity index (χ2v) is 3.92. The number of carbonyl (C=O) groups excluding carboxylic acids is 1. The average Bonchev–Trinajstić information content (AvgIpc) is 2.42. The van der Waals surface area contributed by atoms with Gasteiger partial charge >= 0.3 is 6.03 Å². The quantitative estimate of drug-likeness (QED) is 0.397. The minimum Gasteiger partial charge on any atom is -0.350 e. The standard InChI is InChI=1S/C10H19N3O/c1-8(12-13-10(11)14)9-6-4-2-3-5-7-9/h9H,2-7H2,1H3,(H3,11,13,14)/b12-8+. The van der Waals surface area contributed by atoms with Crippen molar-refractivity contribution in [2.45, 2.75) is 45.4 Å². The van der Waals surface area contributed by atoms with Crippen LogP contribution in [0.4, 0.5) is 4.79 Å². The molecule has 14 heavy (non-hydrogen) atoms. The Balaban J connectivity index is 2.44. The molecule has 0 unspecified atom stereocenters. The molecule has 1 aliphatic rings. The van der Waals surface area contributed by atoms with Crippen LogP contribution >= 0.6 is 0 Å². The number of hydrazone groups is 1. The van der Waals surface area contributed by atoms with Crippen LogP contribution in [0.15, 0.2) is 5.10 Å². The molecular formula is C10H19N3O. The van der Waals surface area contributed by atoms with Crippen molar-refractivity contribution in [2.75, 3.05) is 0 Å². The zero-order valence-electron chi connectivity index (χ0n) is 8.75. The maximum absolute atomic E-state index is 10.5. The summed E-state index contributed by atoms with van der Waals surface area (Å²) < 4.78 is 0. The minimum atomic E-state index is -0.585. The normalized spacial score (nSPS) is 20.2. The predicted octanol–water partition coefficient (Wildman–Crippen LogP) is 2.00. The van der Waals surface area contributed by atoms with E-state index in [0.29, 0.717) is 5.92 Å². The fourth-order valence-corrected chi connectivity index (χ4v) is 1.93. The third kappa shape index (κ3) is 3.77. The molecule has 0 spiro atoms. The summed E-state index contributed by atoms with van der Waals surface area (Å²) in [5.74, 6) is 0.532. The first-order valence-electron chi connectivity index (χ1n) is 5.30. The molecule has 0 aromatic heterocycles. The van der Waals surface area contributed by atoms with Crippen LogP contribution in [-0.4, -0.2) is 11.7 Å².